The number of amides is 1. The van der Waals surface area contributed by atoms with Gasteiger partial charge in [0, 0.05) is 45.3 Å². The summed E-state index contributed by atoms with van der Waals surface area (Å²) < 4.78 is 11.7. The molecular weight excluding hydrogens is 460 g/mol. The number of para-hydroxylation sites is 1. The summed E-state index contributed by atoms with van der Waals surface area (Å²) in [6.07, 6.45) is 5.02. The number of aromatic nitrogens is 1. The number of anilines is 1. The largest absolute Gasteiger partial charge is 0.493 e. The highest BCUT2D eigenvalue weighted by Crippen LogP contribution is 2.38. The molecule has 2 heterocycles. The maximum absolute atomic E-state index is 13.0. The molecule has 6 heteroatoms. The Hall–Kier alpha value is -4.09. The Kier molecular flexibility index (Phi) is 6.25. The molecule has 0 saturated carbocycles. The van der Waals surface area contributed by atoms with E-state index in [1.807, 2.05) is 80.6 Å². The molecule has 0 aliphatic rings. The molecule has 174 valence electrons. The van der Waals surface area contributed by atoms with Crippen molar-refractivity contribution in [3.05, 3.63) is 95.9 Å². The normalized spacial score (nSPS) is 11.7. The number of pyridine rings is 1. The van der Waals surface area contributed by atoms with Gasteiger partial charge in [0.05, 0.1) is 24.1 Å². The van der Waals surface area contributed by atoms with Gasteiger partial charge in [-0.15, -0.1) is 0 Å². The predicted octanol–water partition coefficient (Wildman–Crippen LogP) is 7.74. The van der Waals surface area contributed by atoms with E-state index in [1.54, 1.807) is 18.5 Å². The fourth-order valence-corrected chi connectivity index (χ4v) is 4.27. The van der Waals surface area contributed by atoms with Crippen LogP contribution in [-0.2, 0) is 4.79 Å². The topological polar surface area (TPSA) is 64.4 Å². The van der Waals surface area contributed by atoms with E-state index in [9.17, 15) is 4.79 Å². The lowest BCUT2D eigenvalue weighted by atomic mass is 9.99. The molecule has 3 aromatic carbocycles. The Morgan fingerprint density at radius 2 is 1.91 bits per heavy atom. The fourth-order valence-electron chi connectivity index (χ4n) is 4.14. The van der Waals surface area contributed by atoms with Gasteiger partial charge in [0.25, 0.3) is 0 Å². The van der Waals surface area contributed by atoms with Gasteiger partial charge in [0.1, 0.15) is 11.3 Å². The number of halogens is 1. The van der Waals surface area contributed by atoms with Crippen LogP contribution in [0, 0.1) is 0 Å². The monoisotopic (exact) mass is 482 g/mol. The maximum atomic E-state index is 13.0. The number of nitrogens with zero attached hydrogens (tertiary/aromatic N) is 1. The lowest BCUT2D eigenvalue weighted by Gasteiger charge is -2.12. The summed E-state index contributed by atoms with van der Waals surface area (Å²) in [6.45, 7) is 4.31. The number of benzene rings is 3. The molecule has 0 radical (unpaired) electrons. The van der Waals surface area contributed by atoms with Gasteiger partial charge >= 0.3 is 0 Å². The highest BCUT2D eigenvalue weighted by atomic mass is 35.5. The second-order valence-corrected chi connectivity index (χ2v) is 8.57. The summed E-state index contributed by atoms with van der Waals surface area (Å²) in [4.78, 5) is 17.4. The third kappa shape index (κ3) is 4.63. The van der Waals surface area contributed by atoms with Crippen LogP contribution in [0.4, 0.5) is 5.69 Å². The quantitative estimate of drug-likeness (QED) is 0.251. The zero-order valence-corrected chi connectivity index (χ0v) is 20.1. The van der Waals surface area contributed by atoms with Gasteiger partial charge in [-0.3, -0.25) is 9.78 Å². The number of hydrogen-bond acceptors (Lipinski definition) is 4. The lowest BCUT2D eigenvalue weighted by molar-refractivity contribution is -0.111. The minimum Gasteiger partial charge on any atom is -0.493 e. The van der Waals surface area contributed by atoms with Gasteiger partial charge in [-0.25, -0.2) is 0 Å². The molecule has 0 atom stereocenters. The molecule has 0 unspecified atom stereocenters. The molecular formula is C29H23ClN2O3. The predicted molar refractivity (Wildman–Crippen MR) is 142 cm³/mol. The number of hydrogen-bond donors (Lipinski definition) is 1. The van der Waals surface area contributed by atoms with E-state index in [-0.39, 0.29) is 5.91 Å². The summed E-state index contributed by atoms with van der Waals surface area (Å²) in [5, 5.41) is 5.53. The number of rotatable bonds is 6. The number of carbonyl (C=O) groups is 1. The van der Waals surface area contributed by atoms with Crippen molar-refractivity contribution >= 4 is 50.6 Å². The van der Waals surface area contributed by atoms with E-state index in [0.717, 1.165) is 38.6 Å². The molecule has 5 nitrogen and oxygen atoms in total. The number of fused-ring (bicyclic) bond motifs is 2. The molecule has 1 amide bonds. The van der Waals surface area contributed by atoms with Crippen LogP contribution in [0.2, 0.25) is 5.02 Å². The van der Waals surface area contributed by atoms with Gasteiger partial charge in [0.2, 0.25) is 5.91 Å². The van der Waals surface area contributed by atoms with E-state index < -0.39 is 0 Å². The Morgan fingerprint density at radius 3 is 2.71 bits per heavy atom. The molecule has 0 spiro atoms. The van der Waals surface area contributed by atoms with Crippen molar-refractivity contribution in [1.29, 1.82) is 0 Å². The highest BCUT2D eigenvalue weighted by molar-refractivity contribution is 6.30. The van der Waals surface area contributed by atoms with Crippen molar-refractivity contribution in [2.45, 2.75) is 13.8 Å². The molecule has 0 aliphatic carbocycles. The van der Waals surface area contributed by atoms with Gasteiger partial charge in [-0.2, -0.15) is 0 Å². The van der Waals surface area contributed by atoms with Gasteiger partial charge in [0.15, 0.2) is 0 Å². The molecule has 2 aromatic heterocycles. The van der Waals surface area contributed by atoms with Crippen LogP contribution in [-0.4, -0.2) is 17.5 Å². The van der Waals surface area contributed by atoms with Crippen LogP contribution in [0.5, 0.6) is 5.75 Å². The summed E-state index contributed by atoms with van der Waals surface area (Å²) in [7, 11) is 0. The molecule has 0 saturated heterocycles. The van der Waals surface area contributed by atoms with Gasteiger partial charge in [-0.05, 0) is 55.3 Å². The third-order valence-electron chi connectivity index (χ3n) is 5.79. The summed E-state index contributed by atoms with van der Waals surface area (Å²) >= 11 is 6.06. The second kappa shape index (κ2) is 9.65. The number of nitrogens with one attached hydrogen (secondary N) is 1. The summed E-state index contributed by atoms with van der Waals surface area (Å²) in [5.74, 6) is 0.415. The SMILES string of the molecule is CCOc1cc2occ(-c3ccc(Cl)cc3)c2cc1/C(C)=C/C(=O)Nc1cccc2cccnc12. The molecule has 1 N–H and O–H groups in total. The van der Waals surface area contributed by atoms with Crippen LogP contribution in [0.25, 0.3) is 38.6 Å². The van der Waals surface area contributed by atoms with E-state index in [4.69, 9.17) is 20.8 Å². The Bertz CT molecular complexity index is 1560. The lowest BCUT2D eigenvalue weighted by Crippen LogP contribution is -2.09. The summed E-state index contributed by atoms with van der Waals surface area (Å²) in [5.41, 5.74) is 5.65. The fraction of sp³-hybridized carbons (Fsp3) is 0.103. The minimum atomic E-state index is -0.242. The number of allylic oxidation sites excluding steroid dienone is 1. The molecule has 5 rings (SSSR count). The van der Waals surface area contributed by atoms with Crippen LogP contribution >= 0.6 is 11.6 Å². The zero-order valence-electron chi connectivity index (χ0n) is 19.3. The van der Waals surface area contributed by atoms with Crippen LogP contribution in [0.1, 0.15) is 19.4 Å². The van der Waals surface area contributed by atoms with Gasteiger partial charge < -0.3 is 14.5 Å². The molecule has 0 bridgehead atoms. The van der Waals surface area contributed by atoms with Crippen molar-refractivity contribution in [2.75, 3.05) is 11.9 Å². The van der Waals surface area contributed by atoms with Crippen LogP contribution < -0.4 is 10.1 Å². The summed E-state index contributed by atoms with van der Waals surface area (Å²) in [6, 6.07) is 21.0. The first kappa shape index (κ1) is 22.7. The third-order valence-corrected chi connectivity index (χ3v) is 6.05. The Balaban J connectivity index is 1.52. The van der Waals surface area contributed by atoms with Crippen molar-refractivity contribution in [3.63, 3.8) is 0 Å². The van der Waals surface area contributed by atoms with E-state index >= 15 is 0 Å². The second-order valence-electron chi connectivity index (χ2n) is 8.13. The van der Waals surface area contributed by atoms with Crippen molar-refractivity contribution in [1.82, 2.24) is 4.98 Å². The average molecular weight is 483 g/mol. The number of ether oxygens (including phenoxy) is 1. The molecule has 35 heavy (non-hydrogen) atoms. The first-order chi connectivity index (χ1) is 17.0. The van der Waals surface area contributed by atoms with Gasteiger partial charge in [-0.1, -0.05) is 41.9 Å². The molecule has 5 aromatic rings. The van der Waals surface area contributed by atoms with Crippen molar-refractivity contribution < 1.29 is 13.9 Å². The van der Waals surface area contributed by atoms with Crippen LogP contribution in [0.15, 0.2) is 89.7 Å². The Morgan fingerprint density at radius 1 is 1.11 bits per heavy atom. The van der Waals surface area contributed by atoms with Crippen molar-refractivity contribution in [3.8, 4) is 16.9 Å². The molecule has 0 aliphatic heterocycles. The van der Waals surface area contributed by atoms with Crippen molar-refractivity contribution in [2.24, 2.45) is 0 Å². The average Bonchev–Trinajstić information content (AvgIpc) is 3.27. The number of carbonyl (C=O) groups excluding carboxylic acids is 1. The van der Waals surface area contributed by atoms with E-state index in [0.29, 0.717) is 28.6 Å². The highest BCUT2D eigenvalue weighted by Gasteiger charge is 2.16. The first-order valence-electron chi connectivity index (χ1n) is 11.3. The zero-order chi connectivity index (χ0) is 24.4. The number of furan rings is 1. The van der Waals surface area contributed by atoms with Crippen LogP contribution in [0.3, 0.4) is 0 Å². The standard InChI is InChI=1S/C29H23ClN2O3/c1-3-34-26-16-27-23(24(17-35-27)19-9-11-21(30)12-10-19)15-22(26)18(2)14-28(33)32-25-8-4-6-20-7-5-13-31-29(20)25/h4-17H,3H2,1-2H3,(H,32,33)/b18-14+. The van der Waals surface area contributed by atoms with E-state index in [1.165, 1.54) is 0 Å². The van der Waals surface area contributed by atoms with E-state index in [2.05, 4.69) is 10.3 Å². The smallest absolute Gasteiger partial charge is 0.248 e. The molecule has 0 fully saturated rings. The first-order valence-corrected chi connectivity index (χ1v) is 11.7. The maximum Gasteiger partial charge on any atom is 0.248 e. The minimum absolute atomic E-state index is 0.242. The Labute approximate surface area is 208 Å².